The van der Waals surface area contributed by atoms with Gasteiger partial charge < -0.3 is 18.7 Å². The maximum Gasteiger partial charge on any atom is 0.338 e. The molecule has 0 saturated carbocycles. The van der Waals surface area contributed by atoms with Crippen molar-refractivity contribution in [1.29, 1.82) is 0 Å². The van der Waals surface area contributed by atoms with Gasteiger partial charge in [-0.05, 0) is 36.4 Å². The fraction of sp³-hybridized carbons (Fsp3) is 0.118. The van der Waals surface area contributed by atoms with Crippen LogP contribution in [0.2, 0.25) is 10.0 Å². The van der Waals surface area contributed by atoms with Crippen LogP contribution in [0, 0.1) is 0 Å². The molecule has 0 aliphatic carbocycles. The van der Waals surface area contributed by atoms with Crippen molar-refractivity contribution in [2.75, 3.05) is 6.79 Å². The largest absolute Gasteiger partial charge is 0.454 e. The van der Waals surface area contributed by atoms with Crippen LogP contribution in [0.1, 0.15) is 16.2 Å². The van der Waals surface area contributed by atoms with E-state index in [0.717, 1.165) is 5.56 Å². The Morgan fingerprint density at radius 3 is 2.77 bits per heavy atom. The molecule has 0 spiro atoms. The first-order valence-corrected chi connectivity index (χ1v) is 8.20. The van der Waals surface area contributed by atoms with Gasteiger partial charge in [-0.3, -0.25) is 0 Å². The van der Waals surface area contributed by atoms with Gasteiger partial charge in [-0.2, -0.15) is 4.98 Å². The number of carbonyl (C=O) groups is 1. The number of hydrogen-bond acceptors (Lipinski definition) is 7. The van der Waals surface area contributed by atoms with Gasteiger partial charge in [0.2, 0.25) is 12.6 Å². The maximum absolute atomic E-state index is 12.2. The molecule has 0 bridgehead atoms. The quantitative estimate of drug-likeness (QED) is 0.617. The summed E-state index contributed by atoms with van der Waals surface area (Å²) in [7, 11) is 0. The Bertz CT molecular complexity index is 972. The minimum Gasteiger partial charge on any atom is -0.454 e. The molecule has 0 fully saturated rings. The van der Waals surface area contributed by atoms with E-state index in [1.807, 2.05) is 0 Å². The van der Waals surface area contributed by atoms with Crippen molar-refractivity contribution < 1.29 is 23.5 Å². The van der Waals surface area contributed by atoms with Crippen molar-refractivity contribution in [1.82, 2.24) is 10.1 Å². The summed E-state index contributed by atoms with van der Waals surface area (Å²) >= 11 is 11.9. The predicted molar refractivity (Wildman–Crippen MR) is 91.4 cm³/mol. The number of esters is 1. The third-order valence-corrected chi connectivity index (χ3v) is 4.09. The summed E-state index contributed by atoms with van der Waals surface area (Å²) in [5.74, 6) is 0.741. The fourth-order valence-electron chi connectivity index (χ4n) is 2.33. The van der Waals surface area contributed by atoms with Crippen molar-refractivity contribution in [2.24, 2.45) is 0 Å². The van der Waals surface area contributed by atoms with Gasteiger partial charge in [-0.25, -0.2) is 4.79 Å². The Morgan fingerprint density at radius 2 is 1.96 bits per heavy atom. The lowest BCUT2D eigenvalue weighted by Gasteiger charge is -2.04. The second-order valence-electron chi connectivity index (χ2n) is 5.29. The molecule has 0 saturated heterocycles. The smallest absolute Gasteiger partial charge is 0.338 e. The van der Waals surface area contributed by atoms with E-state index >= 15 is 0 Å². The highest BCUT2D eigenvalue weighted by Crippen LogP contribution is 2.39. The van der Waals surface area contributed by atoms with E-state index in [0.29, 0.717) is 22.3 Å². The molecule has 1 aromatic heterocycles. The first kappa shape index (κ1) is 16.7. The first-order valence-electron chi connectivity index (χ1n) is 7.45. The van der Waals surface area contributed by atoms with Crippen LogP contribution in [0.5, 0.6) is 11.5 Å². The van der Waals surface area contributed by atoms with Crippen LogP contribution in [-0.4, -0.2) is 22.9 Å². The summed E-state index contributed by atoms with van der Waals surface area (Å²) in [5.41, 5.74) is 0.968. The Kier molecular flexibility index (Phi) is 4.40. The molecule has 2 heterocycles. The van der Waals surface area contributed by atoms with E-state index in [1.54, 1.807) is 24.3 Å². The number of hydrogen-bond donors (Lipinski definition) is 0. The van der Waals surface area contributed by atoms with Gasteiger partial charge in [-0.1, -0.05) is 28.4 Å². The van der Waals surface area contributed by atoms with E-state index in [9.17, 15) is 4.79 Å². The monoisotopic (exact) mass is 392 g/mol. The van der Waals surface area contributed by atoms with Gasteiger partial charge in [0.1, 0.15) is 0 Å². The van der Waals surface area contributed by atoms with Crippen LogP contribution in [0.15, 0.2) is 40.9 Å². The molecule has 0 unspecified atom stereocenters. The van der Waals surface area contributed by atoms with Crippen LogP contribution in [0.25, 0.3) is 11.4 Å². The molecule has 3 aromatic rings. The van der Waals surface area contributed by atoms with Gasteiger partial charge in [0.25, 0.3) is 5.89 Å². The van der Waals surface area contributed by atoms with Crippen molar-refractivity contribution in [2.45, 2.75) is 6.61 Å². The summed E-state index contributed by atoms with van der Waals surface area (Å²) < 4.78 is 20.7. The van der Waals surface area contributed by atoms with E-state index < -0.39 is 5.97 Å². The standard InChI is InChI=1S/C17H10Cl2N2O5/c18-11-3-1-9(2-4-11)16-20-14(26-21-16)7-23-17(22)10-5-12(19)15-13(6-10)24-8-25-15/h1-6H,7-8H2. The number of carbonyl (C=O) groups excluding carboxylic acids is 1. The Labute approximate surface area is 157 Å². The summed E-state index contributed by atoms with van der Waals surface area (Å²) in [5, 5.41) is 4.73. The molecule has 0 radical (unpaired) electrons. The number of halogens is 2. The van der Waals surface area contributed by atoms with E-state index in [1.165, 1.54) is 12.1 Å². The molecule has 1 aliphatic rings. The number of fused-ring (bicyclic) bond motifs is 1. The SMILES string of the molecule is O=C(OCc1nc(-c2ccc(Cl)cc2)no1)c1cc(Cl)c2c(c1)OCO2. The Balaban J connectivity index is 1.44. The molecular weight excluding hydrogens is 383 g/mol. The minimum absolute atomic E-state index is 0.0585. The van der Waals surface area contributed by atoms with Crippen LogP contribution in [0.3, 0.4) is 0 Å². The van der Waals surface area contributed by atoms with E-state index in [-0.39, 0.29) is 29.9 Å². The molecule has 7 nitrogen and oxygen atoms in total. The molecule has 0 N–H and O–H groups in total. The van der Waals surface area contributed by atoms with Gasteiger partial charge >= 0.3 is 5.97 Å². The van der Waals surface area contributed by atoms with E-state index in [4.69, 9.17) is 41.9 Å². The van der Waals surface area contributed by atoms with Crippen LogP contribution in [0.4, 0.5) is 0 Å². The second-order valence-corrected chi connectivity index (χ2v) is 6.13. The first-order chi connectivity index (χ1) is 12.6. The zero-order valence-corrected chi connectivity index (χ0v) is 14.6. The summed E-state index contributed by atoms with van der Waals surface area (Å²) in [6, 6.07) is 9.91. The lowest BCUT2D eigenvalue weighted by molar-refractivity contribution is 0.0429. The van der Waals surface area contributed by atoms with Gasteiger partial charge in [0.15, 0.2) is 18.1 Å². The maximum atomic E-state index is 12.2. The Hall–Kier alpha value is -2.77. The van der Waals surface area contributed by atoms with Gasteiger partial charge in [-0.15, -0.1) is 0 Å². The highest BCUT2D eigenvalue weighted by Gasteiger charge is 2.21. The number of aromatic nitrogens is 2. The predicted octanol–water partition coefficient (Wildman–Crippen LogP) is 4.13. The zero-order valence-electron chi connectivity index (χ0n) is 13.1. The van der Waals surface area contributed by atoms with Crippen molar-refractivity contribution in [3.05, 3.63) is 57.9 Å². The van der Waals surface area contributed by atoms with Crippen LogP contribution in [-0.2, 0) is 11.3 Å². The number of nitrogens with zero attached hydrogens (tertiary/aromatic N) is 2. The van der Waals surface area contributed by atoms with Crippen LogP contribution < -0.4 is 9.47 Å². The topological polar surface area (TPSA) is 83.7 Å². The highest BCUT2D eigenvalue weighted by molar-refractivity contribution is 6.32. The highest BCUT2D eigenvalue weighted by atomic mass is 35.5. The number of rotatable bonds is 4. The van der Waals surface area contributed by atoms with Crippen molar-refractivity contribution in [3.8, 4) is 22.9 Å². The number of ether oxygens (including phenoxy) is 3. The molecule has 26 heavy (non-hydrogen) atoms. The lowest BCUT2D eigenvalue weighted by atomic mass is 10.2. The molecule has 132 valence electrons. The van der Waals surface area contributed by atoms with Crippen LogP contribution >= 0.6 is 23.2 Å². The molecule has 0 amide bonds. The van der Waals surface area contributed by atoms with E-state index in [2.05, 4.69) is 10.1 Å². The van der Waals surface area contributed by atoms with Crippen molar-refractivity contribution >= 4 is 29.2 Å². The average molecular weight is 393 g/mol. The van der Waals surface area contributed by atoms with Crippen molar-refractivity contribution in [3.63, 3.8) is 0 Å². The van der Waals surface area contributed by atoms with Gasteiger partial charge in [0.05, 0.1) is 10.6 Å². The lowest BCUT2D eigenvalue weighted by Crippen LogP contribution is -2.05. The third-order valence-electron chi connectivity index (χ3n) is 3.56. The molecule has 4 rings (SSSR count). The average Bonchev–Trinajstić information content (AvgIpc) is 3.29. The fourth-order valence-corrected chi connectivity index (χ4v) is 2.72. The minimum atomic E-state index is -0.601. The molecule has 9 heteroatoms. The molecule has 0 atom stereocenters. The Morgan fingerprint density at radius 1 is 1.15 bits per heavy atom. The molecular formula is C17H10Cl2N2O5. The normalized spacial score (nSPS) is 12.2. The summed E-state index contributed by atoms with van der Waals surface area (Å²) in [6.07, 6.45) is 0. The zero-order chi connectivity index (χ0) is 18.1. The molecule has 2 aromatic carbocycles. The van der Waals surface area contributed by atoms with Gasteiger partial charge in [0, 0.05) is 10.6 Å². The summed E-state index contributed by atoms with van der Waals surface area (Å²) in [6.45, 7) is -0.117. The second kappa shape index (κ2) is 6.86. The molecule has 1 aliphatic heterocycles. The summed E-state index contributed by atoms with van der Waals surface area (Å²) in [4.78, 5) is 16.4. The third kappa shape index (κ3) is 3.31. The number of benzene rings is 2.